The maximum Gasteiger partial charge on any atom is 0.488 e. The van der Waals surface area contributed by atoms with Crippen LogP contribution in [0.25, 0.3) is 0 Å². The van der Waals surface area contributed by atoms with Crippen molar-refractivity contribution in [2.45, 2.75) is 70.6 Å². The number of benzene rings is 1. The van der Waals surface area contributed by atoms with Gasteiger partial charge in [-0.2, -0.15) is 0 Å². The third-order valence-corrected chi connectivity index (χ3v) is 5.03. The molecule has 2 nitrogen and oxygen atoms in total. The minimum atomic E-state index is -1.34. The summed E-state index contributed by atoms with van der Waals surface area (Å²) in [6.45, 7) is 2.26. The van der Waals surface area contributed by atoms with Gasteiger partial charge in [0.15, 0.2) is 0 Å². The van der Waals surface area contributed by atoms with Crippen LogP contribution in [-0.4, -0.2) is 17.2 Å². The molecule has 1 saturated carbocycles. The lowest BCUT2D eigenvalue weighted by molar-refractivity contribution is 0.302. The molecule has 0 heterocycles. The van der Waals surface area contributed by atoms with Crippen LogP contribution in [0.5, 0.6) is 0 Å². The molecule has 1 aromatic carbocycles. The van der Waals surface area contributed by atoms with E-state index in [1.54, 1.807) is 0 Å². The Morgan fingerprint density at radius 2 is 1.71 bits per heavy atom. The van der Waals surface area contributed by atoms with Gasteiger partial charge in [-0.3, -0.25) is 0 Å². The van der Waals surface area contributed by atoms with Crippen LogP contribution >= 0.6 is 0 Å². The number of hydrogen-bond acceptors (Lipinski definition) is 2. The van der Waals surface area contributed by atoms with Crippen molar-refractivity contribution in [3.8, 4) is 0 Å². The minimum Gasteiger partial charge on any atom is -0.423 e. The predicted octanol–water partition coefficient (Wildman–Crippen LogP) is 3.61. The summed E-state index contributed by atoms with van der Waals surface area (Å²) in [5, 5.41) is 19.0. The second-order valence-electron chi connectivity index (χ2n) is 6.57. The first kappa shape index (κ1) is 16.6. The van der Waals surface area contributed by atoms with Crippen molar-refractivity contribution in [2.75, 3.05) is 0 Å². The number of unbranched alkanes of at least 4 members (excludes halogenated alkanes) is 3. The van der Waals surface area contributed by atoms with E-state index in [4.69, 9.17) is 0 Å². The third-order valence-electron chi connectivity index (χ3n) is 5.03. The molecule has 2 rings (SSSR count). The topological polar surface area (TPSA) is 40.5 Å². The maximum atomic E-state index is 9.51. The summed E-state index contributed by atoms with van der Waals surface area (Å²) in [6, 6.07) is 7.81. The Labute approximate surface area is 129 Å². The van der Waals surface area contributed by atoms with Crippen molar-refractivity contribution in [2.24, 2.45) is 5.92 Å². The molecule has 0 amide bonds. The van der Waals surface area contributed by atoms with Gasteiger partial charge in [-0.05, 0) is 48.5 Å². The van der Waals surface area contributed by atoms with Gasteiger partial charge in [0, 0.05) is 0 Å². The molecular formula is C18H29BO2. The summed E-state index contributed by atoms with van der Waals surface area (Å²) in [4.78, 5) is 0. The zero-order valence-corrected chi connectivity index (χ0v) is 13.3. The Bertz CT molecular complexity index is 411. The molecule has 116 valence electrons. The molecule has 21 heavy (non-hydrogen) atoms. The van der Waals surface area contributed by atoms with Gasteiger partial charge in [0.05, 0.1) is 0 Å². The first-order valence-electron chi connectivity index (χ1n) is 8.67. The molecule has 0 aromatic heterocycles. The van der Waals surface area contributed by atoms with E-state index in [2.05, 4.69) is 13.0 Å². The van der Waals surface area contributed by atoms with Gasteiger partial charge in [0.2, 0.25) is 0 Å². The van der Waals surface area contributed by atoms with E-state index in [0.717, 1.165) is 11.5 Å². The van der Waals surface area contributed by atoms with Crippen molar-refractivity contribution in [1.29, 1.82) is 0 Å². The van der Waals surface area contributed by atoms with E-state index >= 15 is 0 Å². The largest absolute Gasteiger partial charge is 0.488 e. The second kappa shape index (κ2) is 8.60. The summed E-state index contributed by atoms with van der Waals surface area (Å²) in [5.41, 5.74) is 1.85. The highest BCUT2D eigenvalue weighted by molar-refractivity contribution is 6.59. The summed E-state index contributed by atoms with van der Waals surface area (Å²) >= 11 is 0. The lowest BCUT2D eigenvalue weighted by Crippen LogP contribution is -2.34. The third kappa shape index (κ3) is 4.86. The van der Waals surface area contributed by atoms with Gasteiger partial charge in [0.1, 0.15) is 0 Å². The molecule has 0 bridgehead atoms. The van der Waals surface area contributed by atoms with Crippen LogP contribution in [0.3, 0.4) is 0 Å². The van der Waals surface area contributed by atoms with Crippen LogP contribution in [-0.2, 0) is 0 Å². The second-order valence-corrected chi connectivity index (χ2v) is 6.57. The van der Waals surface area contributed by atoms with Crippen LogP contribution in [0, 0.1) is 5.92 Å². The molecule has 0 saturated heterocycles. The fraction of sp³-hybridized carbons (Fsp3) is 0.667. The molecule has 3 heteroatoms. The minimum absolute atomic E-state index is 0.509. The van der Waals surface area contributed by atoms with Gasteiger partial charge in [0.25, 0.3) is 0 Å². The molecule has 0 atom stereocenters. The summed E-state index contributed by atoms with van der Waals surface area (Å²) in [6.07, 6.45) is 11.8. The average molecular weight is 288 g/mol. The molecule has 2 N–H and O–H groups in total. The normalized spacial score (nSPS) is 22.2. The van der Waals surface area contributed by atoms with Crippen LogP contribution in [0.4, 0.5) is 0 Å². The zero-order valence-electron chi connectivity index (χ0n) is 13.3. The zero-order chi connectivity index (χ0) is 15.1. The Morgan fingerprint density at radius 1 is 1.00 bits per heavy atom. The summed E-state index contributed by atoms with van der Waals surface area (Å²) < 4.78 is 0. The highest BCUT2D eigenvalue weighted by Crippen LogP contribution is 2.37. The smallest absolute Gasteiger partial charge is 0.423 e. The predicted molar refractivity (Wildman–Crippen MR) is 89.7 cm³/mol. The highest BCUT2D eigenvalue weighted by atomic mass is 16.4. The molecule has 1 aliphatic rings. The van der Waals surface area contributed by atoms with E-state index < -0.39 is 7.12 Å². The SMILES string of the molecule is CCCCCCC1CCC(c2ccccc2B(O)O)CC1. The van der Waals surface area contributed by atoms with Gasteiger partial charge in [-0.1, -0.05) is 63.3 Å². The van der Waals surface area contributed by atoms with Crippen LogP contribution in [0.15, 0.2) is 24.3 Å². The van der Waals surface area contributed by atoms with Crippen LogP contribution < -0.4 is 5.46 Å². The standard InChI is InChI=1S/C18H29BO2/c1-2-3-4-5-8-15-11-13-16(14-12-15)17-9-6-7-10-18(17)19(20)21/h6-7,9-10,15-16,20-21H,2-5,8,11-14H2,1H3. The van der Waals surface area contributed by atoms with E-state index in [0.29, 0.717) is 11.4 Å². The summed E-state index contributed by atoms with van der Waals surface area (Å²) in [7, 11) is -1.34. The molecule has 1 aliphatic carbocycles. The Morgan fingerprint density at radius 3 is 2.38 bits per heavy atom. The van der Waals surface area contributed by atoms with Gasteiger partial charge in [-0.25, -0.2) is 0 Å². The van der Waals surface area contributed by atoms with E-state index in [9.17, 15) is 10.0 Å². The molecule has 0 unspecified atom stereocenters. The highest BCUT2D eigenvalue weighted by Gasteiger charge is 2.26. The Hall–Kier alpha value is -0.795. The fourth-order valence-electron chi connectivity index (χ4n) is 3.74. The summed E-state index contributed by atoms with van der Waals surface area (Å²) in [5.74, 6) is 1.40. The van der Waals surface area contributed by atoms with Crippen LogP contribution in [0.2, 0.25) is 0 Å². The quantitative estimate of drug-likeness (QED) is 0.594. The maximum absolute atomic E-state index is 9.51. The average Bonchev–Trinajstić information content (AvgIpc) is 2.52. The van der Waals surface area contributed by atoms with Crippen molar-refractivity contribution in [3.63, 3.8) is 0 Å². The van der Waals surface area contributed by atoms with Crippen molar-refractivity contribution in [1.82, 2.24) is 0 Å². The van der Waals surface area contributed by atoms with Gasteiger partial charge >= 0.3 is 7.12 Å². The molecule has 0 radical (unpaired) electrons. The lowest BCUT2D eigenvalue weighted by Gasteiger charge is -2.30. The monoisotopic (exact) mass is 288 g/mol. The lowest BCUT2D eigenvalue weighted by atomic mass is 9.69. The van der Waals surface area contributed by atoms with Crippen molar-refractivity contribution in [3.05, 3.63) is 29.8 Å². The molecule has 1 aromatic rings. The molecule has 0 aliphatic heterocycles. The molecular weight excluding hydrogens is 259 g/mol. The number of hydrogen-bond donors (Lipinski definition) is 2. The van der Waals surface area contributed by atoms with Crippen molar-refractivity contribution >= 4 is 12.6 Å². The van der Waals surface area contributed by atoms with Gasteiger partial charge < -0.3 is 10.0 Å². The first-order valence-corrected chi connectivity index (χ1v) is 8.67. The van der Waals surface area contributed by atoms with Crippen LogP contribution in [0.1, 0.15) is 76.2 Å². The van der Waals surface area contributed by atoms with E-state index in [-0.39, 0.29) is 0 Å². The molecule has 1 fully saturated rings. The van der Waals surface area contributed by atoms with Crippen molar-refractivity contribution < 1.29 is 10.0 Å². The first-order chi connectivity index (χ1) is 10.2. The van der Waals surface area contributed by atoms with E-state index in [1.165, 1.54) is 57.8 Å². The Kier molecular flexibility index (Phi) is 6.79. The molecule has 0 spiro atoms. The van der Waals surface area contributed by atoms with Gasteiger partial charge in [-0.15, -0.1) is 0 Å². The Balaban J connectivity index is 1.84. The fourth-order valence-corrected chi connectivity index (χ4v) is 3.74. The van der Waals surface area contributed by atoms with E-state index in [1.807, 2.05) is 18.2 Å². The number of rotatable bonds is 7.